The number of nitrogens with zero attached hydrogens (tertiary/aromatic N) is 2. The molecule has 0 saturated heterocycles. The number of amides is 1. The van der Waals surface area contributed by atoms with E-state index < -0.39 is 0 Å². The average molecular weight is 468 g/mol. The lowest BCUT2D eigenvalue weighted by molar-refractivity contribution is -0.122. The Bertz CT molecular complexity index is 1350. The van der Waals surface area contributed by atoms with Crippen LogP contribution in [0.25, 0.3) is 20.7 Å². The topological polar surface area (TPSA) is 82.5 Å². The van der Waals surface area contributed by atoms with E-state index in [1.54, 1.807) is 12.1 Å². The lowest BCUT2D eigenvalue weighted by Gasteiger charge is -2.26. The summed E-state index contributed by atoms with van der Waals surface area (Å²) in [4.78, 5) is 30.6. The van der Waals surface area contributed by atoms with Crippen LogP contribution in [0.15, 0.2) is 65.7 Å². The smallest absolute Gasteiger partial charge is 0.271 e. The monoisotopic (exact) mass is 467 g/mol. The maximum atomic E-state index is 12.9. The lowest BCUT2D eigenvalue weighted by atomic mass is 10.2. The molecule has 0 radical (unpaired) electrons. The summed E-state index contributed by atoms with van der Waals surface area (Å²) < 4.78 is 13.3. The van der Waals surface area contributed by atoms with Gasteiger partial charge in [-0.3, -0.25) is 14.2 Å². The van der Waals surface area contributed by atoms with Crippen LogP contribution >= 0.6 is 22.9 Å². The lowest BCUT2D eigenvalue weighted by Crippen LogP contribution is -2.42. The molecule has 2 aromatic heterocycles. The van der Waals surface area contributed by atoms with Crippen molar-refractivity contribution in [2.45, 2.75) is 12.6 Å². The van der Waals surface area contributed by atoms with Gasteiger partial charge in [0.2, 0.25) is 5.91 Å². The number of carbonyl (C=O) groups excluding carboxylic acids is 1. The fraction of sp³-hybridized carbons (Fsp3) is 0.174. The SMILES string of the molecule is O=C(Cn1cnc2cc(-c3ccc(Cl)cc3)sc2c1=O)NCC1COc2ccccc2O1. The molecule has 1 aliphatic rings. The molecule has 2 aromatic carbocycles. The van der Waals surface area contributed by atoms with Crippen LogP contribution in [0.3, 0.4) is 0 Å². The summed E-state index contributed by atoms with van der Waals surface area (Å²) in [6.07, 6.45) is 1.10. The van der Waals surface area contributed by atoms with Crippen molar-refractivity contribution < 1.29 is 14.3 Å². The van der Waals surface area contributed by atoms with Gasteiger partial charge in [0.25, 0.3) is 5.56 Å². The standard InChI is InChI=1S/C23H18ClN3O4S/c24-15-7-5-14(6-8-15)20-9-17-22(32-20)23(29)27(13-26-17)11-21(28)25-10-16-12-30-18-3-1-2-4-19(18)31-16/h1-9,13,16H,10-12H2,(H,25,28). The van der Waals surface area contributed by atoms with Gasteiger partial charge < -0.3 is 14.8 Å². The quantitative estimate of drug-likeness (QED) is 0.483. The predicted octanol–water partition coefficient (Wildman–Crippen LogP) is 3.73. The van der Waals surface area contributed by atoms with E-state index in [1.807, 2.05) is 42.5 Å². The summed E-state index contributed by atoms with van der Waals surface area (Å²) in [6.45, 7) is 0.491. The highest BCUT2D eigenvalue weighted by molar-refractivity contribution is 7.22. The van der Waals surface area contributed by atoms with E-state index in [9.17, 15) is 9.59 Å². The highest BCUT2D eigenvalue weighted by Gasteiger charge is 2.21. The number of hydrogen-bond acceptors (Lipinski definition) is 6. The predicted molar refractivity (Wildman–Crippen MR) is 124 cm³/mol. The molecule has 3 heterocycles. The Morgan fingerprint density at radius 1 is 1.19 bits per heavy atom. The number of ether oxygens (including phenoxy) is 2. The molecule has 0 spiro atoms. The summed E-state index contributed by atoms with van der Waals surface area (Å²) in [5.74, 6) is 1.04. The van der Waals surface area contributed by atoms with Crippen molar-refractivity contribution in [1.29, 1.82) is 0 Å². The van der Waals surface area contributed by atoms with E-state index in [-0.39, 0.29) is 30.7 Å². The van der Waals surface area contributed by atoms with Gasteiger partial charge in [0, 0.05) is 9.90 Å². The summed E-state index contributed by atoms with van der Waals surface area (Å²) in [7, 11) is 0. The average Bonchev–Trinajstić information content (AvgIpc) is 3.25. The molecule has 0 bridgehead atoms. The maximum absolute atomic E-state index is 12.9. The molecule has 9 heteroatoms. The first kappa shape index (κ1) is 20.5. The highest BCUT2D eigenvalue weighted by Crippen LogP contribution is 2.32. The molecule has 1 aliphatic heterocycles. The molecule has 0 fully saturated rings. The molecule has 32 heavy (non-hydrogen) atoms. The van der Waals surface area contributed by atoms with Gasteiger partial charge in [-0.25, -0.2) is 4.98 Å². The Balaban J connectivity index is 1.26. The third-order valence-electron chi connectivity index (χ3n) is 5.04. The first-order valence-electron chi connectivity index (χ1n) is 9.97. The third-order valence-corrected chi connectivity index (χ3v) is 6.45. The van der Waals surface area contributed by atoms with Crippen LogP contribution in [0.2, 0.25) is 5.02 Å². The molecule has 0 saturated carbocycles. The molecular formula is C23H18ClN3O4S. The first-order valence-corrected chi connectivity index (χ1v) is 11.2. The number of aromatic nitrogens is 2. The van der Waals surface area contributed by atoms with Crippen molar-refractivity contribution in [3.63, 3.8) is 0 Å². The van der Waals surface area contributed by atoms with Crippen LogP contribution in [0, 0.1) is 0 Å². The molecule has 1 atom stereocenters. The Morgan fingerprint density at radius 2 is 1.97 bits per heavy atom. The van der Waals surface area contributed by atoms with E-state index in [0.717, 1.165) is 10.4 Å². The summed E-state index contributed by atoms with van der Waals surface area (Å²) in [5, 5.41) is 3.45. The van der Waals surface area contributed by atoms with Gasteiger partial charge in [0.15, 0.2) is 11.5 Å². The second-order valence-corrected chi connectivity index (χ2v) is 8.80. The highest BCUT2D eigenvalue weighted by atomic mass is 35.5. The van der Waals surface area contributed by atoms with Gasteiger partial charge >= 0.3 is 0 Å². The van der Waals surface area contributed by atoms with Crippen LogP contribution in [-0.4, -0.2) is 34.7 Å². The van der Waals surface area contributed by atoms with Gasteiger partial charge in [-0.15, -0.1) is 11.3 Å². The van der Waals surface area contributed by atoms with Crippen LogP contribution in [-0.2, 0) is 11.3 Å². The fourth-order valence-electron chi connectivity index (χ4n) is 3.42. The second-order valence-electron chi connectivity index (χ2n) is 7.31. The molecule has 1 unspecified atom stereocenters. The minimum atomic E-state index is -0.301. The van der Waals surface area contributed by atoms with E-state index in [2.05, 4.69) is 10.3 Å². The van der Waals surface area contributed by atoms with Crippen molar-refractivity contribution >= 4 is 39.1 Å². The minimum absolute atomic E-state index is 0.125. The second kappa shape index (κ2) is 8.64. The van der Waals surface area contributed by atoms with Crippen LogP contribution in [0.1, 0.15) is 0 Å². The van der Waals surface area contributed by atoms with Gasteiger partial charge in [-0.1, -0.05) is 35.9 Å². The number of para-hydroxylation sites is 2. The van der Waals surface area contributed by atoms with E-state index in [4.69, 9.17) is 21.1 Å². The number of halogens is 1. The fourth-order valence-corrected chi connectivity index (χ4v) is 4.61. The molecule has 162 valence electrons. The van der Waals surface area contributed by atoms with Crippen molar-refractivity contribution in [3.8, 4) is 21.9 Å². The Kier molecular flexibility index (Phi) is 5.55. The Hall–Kier alpha value is -3.36. The molecule has 7 nitrogen and oxygen atoms in total. The summed E-state index contributed by atoms with van der Waals surface area (Å²) in [6, 6.07) is 16.7. The zero-order valence-corrected chi connectivity index (χ0v) is 18.4. The van der Waals surface area contributed by atoms with Crippen molar-refractivity contribution in [1.82, 2.24) is 14.9 Å². The van der Waals surface area contributed by atoms with Crippen molar-refractivity contribution in [2.75, 3.05) is 13.2 Å². The van der Waals surface area contributed by atoms with E-state index in [1.165, 1.54) is 22.2 Å². The van der Waals surface area contributed by atoms with Crippen molar-refractivity contribution in [2.24, 2.45) is 0 Å². The van der Waals surface area contributed by atoms with Crippen LogP contribution < -0.4 is 20.3 Å². The molecule has 5 rings (SSSR count). The number of nitrogens with one attached hydrogen (secondary N) is 1. The molecular weight excluding hydrogens is 450 g/mol. The maximum Gasteiger partial charge on any atom is 0.271 e. The van der Waals surface area contributed by atoms with E-state index in [0.29, 0.717) is 33.3 Å². The number of hydrogen-bond donors (Lipinski definition) is 1. The number of fused-ring (bicyclic) bond motifs is 2. The van der Waals surface area contributed by atoms with Crippen molar-refractivity contribution in [3.05, 3.63) is 76.3 Å². The van der Waals surface area contributed by atoms with Gasteiger partial charge in [0.05, 0.1) is 18.4 Å². The normalized spacial score (nSPS) is 15.0. The van der Waals surface area contributed by atoms with Gasteiger partial charge in [0.1, 0.15) is 24.0 Å². The largest absolute Gasteiger partial charge is 0.486 e. The molecule has 4 aromatic rings. The number of carbonyl (C=O) groups is 1. The van der Waals surface area contributed by atoms with Gasteiger partial charge in [-0.2, -0.15) is 0 Å². The Labute approximate surface area is 192 Å². The first-order chi connectivity index (χ1) is 15.6. The third kappa shape index (κ3) is 4.19. The number of thiophene rings is 1. The molecule has 1 N–H and O–H groups in total. The Morgan fingerprint density at radius 3 is 2.78 bits per heavy atom. The molecule has 0 aliphatic carbocycles. The summed E-state index contributed by atoms with van der Waals surface area (Å²) >= 11 is 7.30. The summed E-state index contributed by atoms with van der Waals surface area (Å²) in [5.41, 5.74) is 1.31. The zero-order chi connectivity index (χ0) is 22.1. The molecule has 1 amide bonds. The van der Waals surface area contributed by atoms with Crippen LogP contribution in [0.4, 0.5) is 0 Å². The van der Waals surface area contributed by atoms with Gasteiger partial charge in [-0.05, 0) is 35.9 Å². The minimum Gasteiger partial charge on any atom is -0.486 e. The van der Waals surface area contributed by atoms with Crippen LogP contribution in [0.5, 0.6) is 11.5 Å². The van der Waals surface area contributed by atoms with E-state index >= 15 is 0 Å². The number of benzene rings is 2. The zero-order valence-electron chi connectivity index (χ0n) is 16.8. The number of rotatable bonds is 5.